The van der Waals surface area contributed by atoms with Crippen molar-refractivity contribution in [3.63, 3.8) is 0 Å². The zero-order valence-corrected chi connectivity index (χ0v) is 8.48. The van der Waals surface area contributed by atoms with Crippen LogP contribution in [0.2, 0.25) is 0 Å². The summed E-state index contributed by atoms with van der Waals surface area (Å²) in [6.07, 6.45) is 0. The molecule has 0 amide bonds. The normalized spacial score (nSPS) is 13.3. The first-order valence-corrected chi connectivity index (χ1v) is 6.11. The molecular weight excluding hydrogens is 206 g/mol. The van der Waals surface area contributed by atoms with Gasteiger partial charge < -0.3 is 5.32 Å². The van der Waals surface area contributed by atoms with Crippen molar-refractivity contribution < 1.29 is 0 Å². The Bertz CT molecular complexity index is 342. The summed E-state index contributed by atoms with van der Waals surface area (Å²) < 4.78 is 2.76. The zero-order chi connectivity index (χ0) is 7.97. The van der Waals surface area contributed by atoms with Gasteiger partial charge in [-0.25, -0.2) is 0 Å². The van der Waals surface area contributed by atoms with Crippen LogP contribution in [0.5, 0.6) is 0 Å². The highest BCUT2D eigenvalue weighted by Gasteiger charge is 2.16. The molecule has 2 aromatic heterocycles. The van der Waals surface area contributed by atoms with Gasteiger partial charge in [-0.15, -0.1) is 22.7 Å². The fourth-order valence-electron chi connectivity index (χ4n) is 1.16. The van der Waals surface area contributed by atoms with Crippen LogP contribution >= 0.6 is 34.4 Å². The van der Waals surface area contributed by atoms with Gasteiger partial charge in [-0.2, -0.15) is 0 Å². The van der Waals surface area contributed by atoms with Gasteiger partial charge in [0.25, 0.3) is 0 Å². The number of rotatable bonds is 0. The van der Waals surface area contributed by atoms with Crippen LogP contribution < -0.4 is 5.32 Å². The summed E-state index contributed by atoms with van der Waals surface area (Å²) in [6, 6.07) is 4.27. The van der Waals surface area contributed by atoms with Crippen LogP contribution in [0.1, 0.15) is 0 Å². The molecule has 0 saturated carbocycles. The van der Waals surface area contributed by atoms with Crippen LogP contribution in [0, 0.1) is 0 Å². The standard InChI is InChI=1S/C8H5NS3/c1-3-10-7-5(1)9-6-2-4-11-8(6)12-7/h1-4,9H. The second kappa shape index (κ2) is 2.52. The number of nitrogens with one attached hydrogen (secondary N) is 1. The molecule has 1 aliphatic heterocycles. The lowest BCUT2D eigenvalue weighted by atomic mass is 10.4. The Kier molecular flexibility index (Phi) is 1.47. The third kappa shape index (κ3) is 0.920. The Hall–Kier alpha value is -0.450. The molecule has 1 N–H and O–H groups in total. The lowest BCUT2D eigenvalue weighted by Gasteiger charge is -2.12. The van der Waals surface area contributed by atoms with E-state index in [-0.39, 0.29) is 0 Å². The van der Waals surface area contributed by atoms with Gasteiger partial charge in [0.05, 0.1) is 19.8 Å². The first kappa shape index (κ1) is 7.00. The molecule has 3 heterocycles. The largest absolute Gasteiger partial charge is 0.352 e. The van der Waals surface area contributed by atoms with E-state index in [1.54, 1.807) is 22.7 Å². The number of hydrogen-bond acceptors (Lipinski definition) is 4. The zero-order valence-electron chi connectivity index (χ0n) is 6.03. The van der Waals surface area contributed by atoms with E-state index >= 15 is 0 Å². The number of thiophene rings is 2. The monoisotopic (exact) mass is 211 g/mol. The van der Waals surface area contributed by atoms with Crippen LogP contribution in [0.25, 0.3) is 0 Å². The molecule has 3 rings (SSSR count). The van der Waals surface area contributed by atoms with E-state index in [1.165, 1.54) is 19.8 Å². The summed E-state index contributed by atoms with van der Waals surface area (Å²) >= 11 is 5.47. The molecule has 0 radical (unpaired) electrons. The van der Waals surface area contributed by atoms with E-state index in [9.17, 15) is 0 Å². The number of fused-ring (bicyclic) bond motifs is 2. The Morgan fingerprint density at radius 2 is 1.50 bits per heavy atom. The molecule has 0 fully saturated rings. The van der Waals surface area contributed by atoms with Crippen molar-refractivity contribution in [2.45, 2.75) is 8.42 Å². The van der Waals surface area contributed by atoms with Crippen LogP contribution in [-0.2, 0) is 0 Å². The molecule has 1 aliphatic rings. The van der Waals surface area contributed by atoms with Crippen LogP contribution in [0.4, 0.5) is 11.4 Å². The van der Waals surface area contributed by atoms with Crippen LogP contribution in [0.15, 0.2) is 31.3 Å². The lowest BCUT2D eigenvalue weighted by molar-refractivity contribution is 1.47. The van der Waals surface area contributed by atoms with Gasteiger partial charge in [-0.1, -0.05) is 11.8 Å². The summed E-state index contributed by atoms with van der Waals surface area (Å²) in [7, 11) is 0. The molecule has 4 heteroatoms. The first-order chi connectivity index (χ1) is 5.93. The minimum atomic E-state index is 1.26. The third-order valence-electron chi connectivity index (χ3n) is 1.71. The molecule has 0 aliphatic carbocycles. The van der Waals surface area contributed by atoms with Crippen molar-refractivity contribution in [3.05, 3.63) is 22.9 Å². The Morgan fingerprint density at radius 1 is 0.917 bits per heavy atom. The highest BCUT2D eigenvalue weighted by molar-refractivity contribution is 8.03. The van der Waals surface area contributed by atoms with E-state index in [1.807, 2.05) is 11.8 Å². The predicted octanol–water partition coefficient (Wildman–Crippen LogP) is 4.02. The van der Waals surface area contributed by atoms with Crippen molar-refractivity contribution in [1.82, 2.24) is 0 Å². The molecule has 1 nitrogen and oxygen atoms in total. The molecule has 0 unspecified atom stereocenters. The minimum absolute atomic E-state index is 1.26. The van der Waals surface area contributed by atoms with Gasteiger partial charge in [0.2, 0.25) is 0 Å². The third-order valence-corrected chi connectivity index (χ3v) is 5.01. The van der Waals surface area contributed by atoms with Crippen molar-refractivity contribution in [2.24, 2.45) is 0 Å². The maximum absolute atomic E-state index is 3.40. The highest BCUT2D eigenvalue weighted by atomic mass is 32.2. The smallest absolute Gasteiger partial charge is 0.0890 e. The SMILES string of the molecule is c1cc2c(s1)Sc1sccc1N2. The van der Waals surface area contributed by atoms with Crippen molar-refractivity contribution in [1.29, 1.82) is 0 Å². The molecule has 0 aromatic carbocycles. The van der Waals surface area contributed by atoms with Crippen molar-refractivity contribution in [2.75, 3.05) is 5.32 Å². The Morgan fingerprint density at radius 3 is 2.08 bits per heavy atom. The van der Waals surface area contributed by atoms with E-state index in [0.717, 1.165) is 0 Å². The first-order valence-electron chi connectivity index (χ1n) is 3.53. The van der Waals surface area contributed by atoms with Crippen LogP contribution in [-0.4, -0.2) is 0 Å². The van der Waals surface area contributed by atoms with Crippen molar-refractivity contribution >= 4 is 45.8 Å². The van der Waals surface area contributed by atoms with Crippen LogP contribution in [0.3, 0.4) is 0 Å². The highest BCUT2D eigenvalue weighted by Crippen LogP contribution is 2.49. The molecule has 60 valence electrons. The van der Waals surface area contributed by atoms with E-state index in [0.29, 0.717) is 0 Å². The summed E-state index contributed by atoms with van der Waals surface area (Å²) in [4.78, 5) is 0. The Balaban J connectivity index is 2.15. The topological polar surface area (TPSA) is 12.0 Å². The van der Waals surface area contributed by atoms with Crippen molar-refractivity contribution in [3.8, 4) is 0 Å². The predicted molar refractivity (Wildman–Crippen MR) is 56.0 cm³/mol. The summed E-state index contributed by atoms with van der Waals surface area (Å²) in [5, 5.41) is 7.65. The molecule has 0 spiro atoms. The fourth-order valence-corrected chi connectivity index (χ4v) is 4.31. The molecule has 0 atom stereocenters. The molecule has 0 bridgehead atoms. The summed E-state index contributed by atoms with van der Waals surface area (Å²) in [6.45, 7) is 0. The van der Waals surface area contributed by atoms with Gasteiger partial charge in [0, 0.05) is 0 Å². The van der Waals surface area contributed by atoms with Gasteiger partial charge >= 0.3 is 0 Å². The van der Waals surface area contributed by atoms with Gasteiger partial charge in [-0.05, 0) is 22.9 Å². The summed E-state index contributed by atoms with van der Waals surface area (Å²) in [5.74, 6) is 0. The second-order valence-electron chi connectivity index (χ2n) is 2.47. The van der Waals surface area contributed by atoms with Gasteiger partial charge in [0.1, 0.15) is 0 Å². The number of anilines is 2. The Labute approximate surface area is 82.4 Å². The molecule has 0 saturated heterocycles. The number of hydrogen-bond donors (Lipinski definition) is 1. The van der Waals surface area contributed by atoms with E-state index in [2.05, 4.69) is 28.2 Å². The van der Waals surface area contributed by atoms with E-state index < -0.39 is 0 Å². The molecule has 12 heavy (non-hydrogen) atoms. The quantitative estimate of drug-likeness (QED) is 0.603. The minimum Gasteiger partial charge on any atom is -0.352 e. The van der Waals surface area contributed by atoms with Gasteiger partial charge in [-0.3, -0.25) is 0 Å². The summed E-state index contributed by atoms with van der Waals surface area (Å²) in [5.41, 5.74) is 2.52. The maximum Gasteiger partial charge on any atom is 0.0890 e. The molecular formula is C8H5NS3. The molecule has 2 aromatic rings. The average Bonchev–Trinajstić information content (AvgIpc) is 2.64. The average molecular weight is 211 g/mol. The van der Waals surface area contributed by atoms with E-state index in [4.69, 9.17) is 0 Å². The second-order valence-corrected chi connectivity index (χ2v) is 5.84. The lowest BCUT2D eigenvalue weighted by Crippen LogP contribution is -1.92. The fraction of sp³-hybridized carbons (Fsp3) is 0. The van der Waals surface area contributed by atoms with Gasteiger partial charge in [0.15, 0.2) is 0 Å². The maximum atomic E-state index is 3.40.